The van der Waals surface area contributed by atoms with Crippen LogP contribution in [0.5, 0.6) is 0 Å². The average Bonchev–Trinajstić information content (AvgIpc) is 2.72. The lowest BCUT2D eigenvalue weighted by molar-refractivity contribution is -0.137. The number of carbonyl (C=O) groups is 1. The number of sulfonamides is 1. The number of nitrogens with zero attached hydrogens (tertiary/aromatic N) is 4. The molecule has 0 aromatic carbocycles. The molecule has 29 heavy (non-hydrogen) atoms. The zero-order valence-electron chi connectivity index (χ0n) is 16.4. The number of piperidine rings is 2. The van der Waals surface area contributed by atoms with Crippen LogP contribution in [0.3, 0.4) is 0 Å². The maximum absolute atomic E-state index is 12.9. The first kappa shape index (κ1) is 20.5. The van der Waals surface area contributed by atoms with Gasteiger partial charge in [-0.15, -0.1) is 0 Å². The summed E-state index contributed by atoms with van der Waals surface area (Å²) in [5.74, 6) is 0.407. The molecule has 4 rings (SSSR count). The van der Waals surface area contributed by atoms with Crippen LogP contribution in [0.15, 0.2) is 24.4 Å². The second-order valence-corrected chi connectivity index (χ2v) is 10.4. The van der Waals surface area contributed by atoms with Crippen LogP contribution < -0.4 is 0 Å². The minimum absolute atomic E-state index is 0.0720. The first-order chi connectivity index (χ1) is 13.8. The fraction of sp³-hybridized carbons (Fsp3) is 0.550. The van der Waals surface area contributed by atoms with Crippen LogP contribution >= 0.6 is 11.6 Å². The Morgan fingerprint density at radius 2 is 1.79 bits per heavy atom. The molecule has 0 bridgehead atoms. The minimum Gasteiger partial charge on any atom is -0.342 e. The highest BCUT2D eigenvalue weighted by Gasteiger charge is 2.33. The number of carbonyl (C=O) groups excluding carboxylic acids is 1. The molecule has 2 aliphatic heterocycles. The summed E-state index contributed by atoms with van der Waals surface area (Å²) >= 11 is 5.99. The van der Waals surface area contributed by atoms with Crippen LogP contribution in [-0.4, -0.2) is 65.9 Å². The second-order valence-electron chi connectivity index (χ2n) is 7.97. The molecule has 0 N–H and O–H groups in total. The molecule has 0 unspecified atom stereocenters. The van der Waals surface area contributed by atoms with Gasteiger partial charge in [0, 0.05) is 55.3 Å². The van der Waals surface area contributed by atoms with E-state index >= 15 is 0 Å². The minimum atomic E-state index is -3.17. The van der Waals surface area contributed by atoms with Crippen molar-refractivity contribution in [1.82, 2.24) is 19.2 Å². The largest absolute Gasteiger partial charge is 0.342 e. The number of amides is 1. The van der Waals surface area contributed by atoms with E-state index in [0.29, 0.717) is 55.6 Å². The summed E-state index contributed by atoms with van der Waals surface area (Å²) in [5, 5.41) is 1.52. The van der Waals surface area contributed by atoms with E-state index in [1.165, 1.54) is 10.6 Å². The van der Waals surface area contributed by atoms with Crippen molar-refractivity contribution in [3.63, 3.8) is 0 Å². The Morgan fingerprint density at radius 1 is 1.10 bits per heavy atom. The molecule has 7 nitrogen and oxygen atoms in total. The van der Waals surface area contributed by atoms with E-state index in [0.717, 1.165) is 23.9 Å². The van der Waals surface area contributed by atoms with Crippen molar-refractivity contribution < 1.29 is 13.2 Å². The van der Waals surface area contributed by atoms with Gasteiger partial charge in [0.1, 0.15) is 0 Å². The molecule has 156 valence electrons. The highest BCUT2D eigenvalue weighted by molar-refractivity contribution is 7.88. The smallest absolute Gasteiger partial charge is 0.225 e. The lowest BCUT2D eigenvalue weighted by atomic mass is 9.90. The third-order valence-corrected chi connectivity index (χ3v) is 7.54. The Labute approximate surface area is 176 Å². The summed E-state index contributed by atoms with van der Waals surface area (Å²) in [4.78, 5) is 23.8. The highest BCUT2D eigenvalue weighted by atomic mass is 35.5. The number of likely N-dealkylation sites (tertiary alicyclic amines) is 1. The molecule has 1 amide bonds. The van der Waals surface area contributed by atoms with Gasteiger partial charge in [-0.25, -0.2) is 22.7 Å². The predicted molar refractivity (Wildman–Crippen MR) is 112 cm³/mol. The van der Waals surface area contributed by atoms with Crippen LogP contribution in [0.1, 0.15) is 37.3 Å². The van der Waals surface area contributed by atoms with Gasteiger partial charge >= 0.3 is 0 Å². The molecule has 0 atom stereocenters. The highest BCUT2D eigenvalue weighted by Crippen LogP contribution is 2.30. The Balaban J connectivity index is 1.35. The maximum Gasteiger partial charge on any atom is 0.225 e. The van der Waals surface area contributed by atoms with Crippen molar-refractivity contribution in [3.8, 4) is 0 Å². The number of pyridine rings is 2. The summed E-state index contributed by atoms with van der Waals surface area (Å²) in [5.41, 5.74) is 1.71. The molecule has 4 heterocycles. The molecule has 2 saturated heterocycles. The molecular weight excluding hydrogens is 412 g/mol. The number of halogens is 1. The molecule has 0 radical (unpaired) electrons. The number of rotatable bonds is 3. The average molecular weight is 437 g/mol. The standard InChI is InChI=1S/C20H25ClN4O3S/c1-29(27,28)25-10-6-15(7-11-25)20(26)24-8-4-14(5-9-24)18-3-2-16-12-17(21)13-22-19(16)23-18/h2-3,12-15H,4-11H2,1H3. The maximum atomic E-state index is 12.9. The SMILES string of the molecule is CS(=O)(=O)N1CCC(C(=O)N2CCC(c3ccc4cc(Cl)cnc4n3)CC2)CC1. The fourth-order valence-electron chi connectivity index (χ4n) is 4.31. The van der Waals surface area contributed by atoms with Gasteiger partial charge in [-0.1, -0.05) is 11.6 Å². The predicted octanol–water partition coefficient (Wildman–Crippen LogP) is 2.66. The second kappa shape index (κ2) is 8.16. The lowest BCUT2D eigenvalue weighted by Gasteiger charge is -2.36. The lowest BCUT2D eigenvalue weighted by Crippen LogP contribution is -2.46. The van der Waals surface area contributed by atoms with Crippen molar-refractivity contribution in [1.29, 1.82) is 0 Å². The van der Waals surface area contributed by atoms with Gasteiger partial charge in [-0.3, -0.25) is 4.79 Å². The van der Waals surface area contributed by atoms with Crippen LogP contribution in [0, 0.1) is 5.92 Å². The van der Waals surface area contributed by atoms with Crippen molar-refractivity contribution >= 4 is 38.6 Å². The van der Waals surface area contributed by atoms with E-state index in [1.807, 2.05) is 23.1 Å². The molecular formula is C20H25ClN4O3S. The van der Waals surface area contributed by atoms with Crippen LogP contribution in [-0.2, 0) is 14.8 Å². The summed E-state index contributed by atoms with van der Waals surface area (Å²) in [6.07, 6.45) is 5.79. The van der Waals surface area contributed by atoms with Gasteiger partial charge in [0.05, 0.1) is 11.3 Å². The third kappa shape index (κ3) is 4.54. The zero-order chi connectivity index (χ0) is 20.6. The molecule has 0 saturated carbocycles. The summed E-state index contributed by atoms with van der Waals surface area (Å²) in [7, 11) is -3.17. The normalized spacial score (nSPS) is 20.3. The summed E-state index contributed by atoms with van der Waals surface area (Å²) < 4.78 is 24.8. The molecule has 2 aliphatic rings. The zero-order valence-corrected chi connectivity index (χ0v) is 18.0. The van der Waals surface area contributed by atoms with Crippen molar-refractivity contribution in [2.24, 2.45) is 5.92 Å². The monoisotopic (exact) mass is 436 g/mol. The molecule has 2 aromatic heterocycles. The Hall–Kier alpha value is -1.77. The summed E-state index contributed by atoms with van der Waals surface area (Å²) in [6, 6.07) is 5.89. The van der Waals surface area contributed by atoms with Crippen molar-refractivity contribution in [2.75, 3.05) is 32.4 Å². The Kier molecular flexibility index (Phi) is 5.77. The van der Waals surface area contributed by atoms with Crippen LogP contribution in [0.2, 0.25) is 5.02 Å². The van der Waals surface area contributed by atoms with E-state index in [-0.39, 0.29) is 11.8 Å². The number of hydrogen-bond donors (Lipinski definition) is 0. The molecule has 9 heteroatoms. The van der Waals surface area contributed by atoms with E-state index in [2.05, 4.69) is 4.98 Å². The number of hydrogen-bond acceptors (Lipinski definition) is 5. The van der Waals surface area contributed by atoms with Gasteiger partial charge in [0.25, 0.3) is 0 Å². The first-order valence-electron chi connectivity index (χ1n) is 9.97. The summed E-state index contributed by atoms with van der Waals surface area (Å²) in [6.45, 7) is 2.29. The van der Waals surface area contributed by atoms with Crippen molar-refractivity contribution in [3.05, 3.63) is 35.1 Å². The van der Waals surface area contributed by atoms with Gasteiger partial charge in [-0.2, -0.15) is 0 Å². The van der Waals surface area contributed by atoms with Crippen LogP contribution in [0.4, 0.5) is 0 Å². The van der Waals surface area contributed by atoms with Gasteiger partial charge in [0.15, 0.2) is 5.65 Å². The van der Waals surface area contributed by atoms with Crippen LogP contribution in [0.25, 0.3) is 11.0 Å². The van der Waals surface area contributed by atoms with Gasteiger partial charge in [-0.05, 0) is 43.9 Å². The van der Waals surface area contributed by atoms with E-state index in [4.69, 9.17) is 16.6 Å². The third-order valence-electron chi connectivity index (χ3n) is 6.03. The topological polar surface area (TPSA) is 83.5 Å². The van der Waals surface area contributed by atoms with Crippen molar-refractivity contribution in [2.45, 2.75) is 31.6 Å². The Bertz CT molecular complexity index is 1010. The Morgan fingerprint density at radius 3 is 2.45 bits per heavy atom. The molecule has 2 fully saturated rings. The van der Waals surface area contributed by atoms with Gasteiger partial charge in [0.2, 0.25) is 15.9 Å². The molecule has 0 aliphatic carbocycles. The van der Waals surface area contributed by atoms with E-state index in [1.54, 1.807) is 6.20 Å². The first-order valence-corrected chi connectivity index (χ1v) is 12.2. The van der Waals surface area contributed by atoms with Gasteiger partial charge < -0.3 is 4.90 Å². The van der Waals surface area contributed by atoms with E-state index in [9.17, 15) is 13.2 Å². The fourth-order valence-corrected chi connectivity index (χ4v) is 5.35. The van der Waals surface area contributed by atoms with E-state index < -0.39 is 10.0 Å². The number of aromatic nitrogens is 2. The quantitative estimate of drug-likeness (QED) is 0.738. The molecule has 2 aromatic rings. The molecule has 0 spiro atoms. The number of fused-ring (bicyclic) bond motifs is 1.